The van der Waals surface area contributed by atoms with Crippen molar-refractivity contribution in [1.29, 1.82) is 0 Å². The molecule has 7 heteroatoms. The van der Waals surface area contributed by atoms with E-state index >= 15 is 0 Å². The lowest BCUT2D eigenvalue weighted by molar-refractivity contribution is 0.888. The smallest absolute Gasteiger partial charge is 0.274 e. The minimum Gasteiger partial charge on any atom is -0.353 e. The molecule has 25 heavy (non-hydrogen) atoms. The van der Waals surface area contributed by atoms with E-state index in [1.165, 1.54) is 6.33 Å². The fourth-order valence-electron chi connectivity index (χ4n) is 3.08. The number of anilines is 1. The zero-order valence-electron chi connectivity index (χ0n) is 14.1. The lowest BCUT2D eigenvalue weighted by atomic mass is 10.2. The van der Waals surface area contributed by atoms with Crippen molar-refractivity contribution in [2.75, 3.05) is 11.9 Å². The van der Waals surface area contributed by atoms with Crippen molar-refractivity contribution in [2.24, 2.45) is 0 Å². The summed E-state index contributed by atoms with van der Waals surface area (Å²) in [4.78, 5) is 30.5. The zero-order chi connectivity index (χ0) is 17.4. The Morgan fingerprint density at radius 1 is 1.16 bits per heavy atom. The van der Waals surface area contributed by atoms with Gasteiger partial charge in [-0.15, -0.1) is 0 Å². The maximum absolute atomic E-state index is 12.5. The van der Waals surface area contributed by atoms with Crippen LogP contribution in [0.3, 0.4) is 0 Å². The van der Waals surface area contributed by atoms with Crippen LogP contribution in [-0.2, 0) is 13.0 Å². The number of hydrogen-bond donors (Lipinski definition) is 1. The summed E-state index contributed by atoms with van der Waals surface area (Å²) in [7, 11) is 1.95. The Kier molecular flexibility index (Phi) is 3.68. The Morgan fingerprint density at radius 2 is 1.96 bits per heavy atom. The van der Waals surface area contributed by atoms with Crippen LogP contribution in [0.2, 0.25) is 0 Å². The van der Waals surface area contributed by atoms with E-state index in [4.69, 9.17) is 0 Å². The molecule has 0 unspecified atom stereocenters. The average Bonchev–Trinajstić information content (AvgIpc) is 3.07. The van der Waals surface area contributed by atoms with Gasteiger partial charge in [0.05, 0.1) is 6.20 Å². The van der Waals surface area contributed by atoms with E-state index < -0.39 is 0 Å². The Hall–Kier alpha value is -3.22. The van der Waals surface area contributed by atoms with E-state index in [0.29, 0.717) is 35.5 Å². The first kappa shape index (κ1) is 15.3. The number of nitrogens with one attached hydrogen (secondary N) is 1. The molecular formula is C18H18N6O. The van der Waals surface area contributed by atoms with Gasteiger partial charge in [0, 0.05) is 20.0 Å². The minimum atomic E-state index is -0.191. The second-order valence-electron chi connectivity index (χ2n) is 5.94. The summed E-state index contributed by atoms with van der Waals surface area (Å²) in [5, 5.41) is 0. The molecular weight excluding hydrogens is 316 g/mol. The standard InChI is InChI=1S/C18H18N6O/c1-3-14-19-9-13-18(25)22-15-16(20-11-21-17(15)24(13)14)23(2)10-12-7-5-4-6-8-12/h4-9,11H,3,10H2,1-2H3,(H,22,25). The van der Waals surface area contributed by atoms with Gasteiger partial charge < -0.3 is 9.88 Å². The fourth-order valence-corrected chi connectivity index (χ4v) is 3.08. The molecule has 7 nitrogen and oxygen atoms in total. The minimum absolute atomic E-state index is 0.191. The van der Waals surface area contributed by atoms with E-state index in [2.05, 4.69) is 32.1 Å². The highest BCUT2D eigenvalue weighted by Gasteiger charge is 2.16. The highest BCUT2D eigenvalue weighted by molar-refractivity contribution is 5.84. The molecule has 0 saturated carbocycles. The van der Waals surface area contributed by atoms with E-state index in [9.17, 15) is 4.79 Å². The number of aryl methyl sites for hydroxylation is 1. The van der Waals surface area contributed by atoms with E-state index in [1.807, 2.05) is 41.5 Å². The maximum atomic E-state index is 12.5. The van der Waals surface area contributed by atoms with Crippen LogP contribution in [0, 0.1) is 0 Å². The molecule has 0 aliphatic heterocycles. The molecule has 0 aliphatic rings. The van der Waals surface area contributed by atoms with Gasteiger partial charge in [-0.05, 0) is 5.56 Å². The number of aromatic nitrogens is 5. The molecule has 0 atom stereocenters. The second-order valence-corrected chi connectivity index (χ2v) is 5.94. The van der Waals surface area contributed by atoms with Crippen molar-refractivity contribution < 1.29 is 0 Å². The van der Waals surface area contributed by atoms with Crippen LogP contribution in [0.4, 0.5) is 5.82 Å². The first-order chi connectivity index (χ1) is 12.2. The van der Waals surface area contributed by atoms with Crippen LogP contribution in [0.1, 0.15) is 18.3 Å². The molecule has 0 radical (unpaired) electrons. The summed E-state index contributed by atoms with van der Waals surface area (Å²) >= 11 is 0. The topological polar surface area (TPSA) is 79.2 Å². The molecule has 4 aromatic rings. The van der Waals surface area contributed by atoms with Gasteiger partial charge >= 0.3 is 0 Å². The first-order valence-corrected chi connectivity index (χ1v) is 8.17. The monoisotopic (exact) mass is 334 g/mol. The molecule has 126 valence electrons. The van der Waals surface area contributed by atoms with Crippen LogP contribution in [0.5, 0.6) is 0 Å². The predicted molar refractivity (Wildman–Crippen MR) is 96.8 cm³/mol. The lowest BCUT2D eigenvalue weighted by Gasteiger charge is -2.19. The van der Waals surface area contributed by atoms with E-state index in [-0.39, 0.29) is 5.56 Å². The quantitative estimate of drug-likeness (QED) is 0.619. The first-order valence-electron chi connectivity index (χ1n) is 8.17. The number of imidazole rings is 1. The van der Waals surface area contributed by atoms with Gasteiger partial charge in [-0.2, -0.15) is 0 Å². The molecule has 1 aromatic carbocycles. The normalized spacial score (nSPS) is 11.3. The highest BCUT2D eigenvalue weighted by atomic mass is 16.1. The molecule has 1 N–H and O–H groups in total. The summed E-state index contributed by atoms with van der Waals surface area (Å²) in [5.41, 5.74) is 2.75. The SMILES string of the molecule is CCc1ncc2c(=O)[nH]c3c(N(C)Cc4ccccc4)ncnc3n12. The van der Waals surface area contributed by atoms with Crippen LogP contribution < -0.4 is 10.5 Å². The third-order valence-corrected chi connectivity index (χ3v) is 4.27. The molecule has 0 saturated heterocycles. The number of aromatic amines is 1. The Morgan fingerprint density at radius 3 is 2.72 bits per heavy atom. The number of fused-ring (bicyclic) bond motifs is 3. The summed E-state index contributed by atoms with van der Waals surface area (Å²) in [6, 6.07) is 10.1. The molecule has 3 aromatic heterocycles. The van der Waals surface area contributed by atoms with Gasteiger partial charge in [-0.1, -0.05) is 37.3 Å². The Bertz CT molecular complexity index is 1100. The van der Waals surface area contributed by atoms with Crippen molar-refractivity contribution in [1.82, 2.24) is 24.3 Å². The maximum Gasteiger partial charge on any atom is 0.274 e. The van der Waals surface area contributed by atoms with Crippen molar-refractivity contribution in [3.05, 3.63) is 64.6 Å². The molecule has 0 bridgehead atoms. The van der Waals surface area contributed by atoms with Crippen LogP contribution >= 0.6 is 0 Å². The number of H-pyrrole nitrogens is 1. The molecule has 0 fully saturated rings. The average molecular weight is 334 g/mol. The molecule has 0 amide bonds. The van der Waals surface area contributed by atoms with Gasteiger partial charge in [0.25, 0.3) is 5.56 Å². The summed E-state index contributed by atoms with van der Waals surface area (Å²) in [5.74, 6) is 1.49. The summed E-state index contributed by atoms with van der Waals surface area (Å²) < 4.78 is 1.82. The number of rotatable bonds is 4. The molecule has 4 rings (SSSR count). The Balaban J connectivity index is 1.90. The summed E-state index contributed by atoms with van der Waals surface area (Å²) in [6.45, 7) is 2.68. The van der Waals surface area contributed by atoms with E-state index in [0.717, 1.165) is 11.4 Å². The third kappa shape index (κ3) is 2.53. The van der Waals surface area contributed by atoms with Gasteiger partial charge in [-0.3, -0.25) is 9.20 Å². The molecule has 0 spiro atoms. The van der Waals surface area contributed by atoms with Gasteiger partial charge in [0.2, 0.25) is 0 Å². The molecule has 3 heterocycles. The highest BCUT2D eigenvalue weighted by Crippen LogP contribution is 2.22. The van der Waals surface area contributed by atoms with Crippen LogP contribution in [-0.4, -0.2) is 31.4 Å². The van der Waals surface area contributed by atoms with E-state index in [1.54, 1.807) is 6.20 Å². The lowest BCUT2D eigenvalue weighted by Crippen LogP contribution is -2.21. The number of hydrogen-bond acceptors (Lipinski definition) is 5. The number of benzene rings is 1. The van der Waals surface area contributed by atoms with Crippen molar-refractivity contribution in [2.45, 2.75) is 19.9 Å². The largest absolute Gasteiger partial charge is 0.353 e. The molecule has 0 aliphatic carbocycles. The van der Waals surface area contributed by atoms with Gasteiger partial charge in [0.15, 0.2) is 11.5 Å². The van der Waals surface area contributed by atoms with Crippen molar-refractivity contribution >= 4 is 22.5 Å². The third-order valence-electron chi connectivity index (χ3n) is 4.27. The van der Waals surface area contributed by atoms with Gasteiger partial charge in [0.1, 0.15) is 23.2 Å². The van der Waals surface area contributed by atoms with Crippen LogP contribution in [0.25, 0.3) is 16.7 Å². The van der Waals surface area contributed by atoms with Crippen molar-refractivity contribution in [3.8, 4) is 0 Å². The van der Waals surface area contributed by atoms with Crippen molar-refractivity contribution in [3.63, 3.8) is 0 Å². The second kappa shape index (κ2) is 6.01. The number of nitrogens with zero attached hydrogens (tertiary/aromatic N) is 5. The zero-order valence-corrected chi connectivity index (χ0v) is 14.1. The Labute approximate surface area is 144 Å². The predicted octanol–water partition coefficient (Wildman–Crippen LogP) is 2.16. The fraction of sp³-hybridized carbons (Fsp3) is 0.222. The summed E-state index contributed by atoms with van der Waals surface area (Å²) in [6.07, 6.45) is 3.83. The van der Waals surface area contributed by atoms with Gasteiger partial charge in [-0.25, -0.2) is 15.0 Å². The van der Waals surface area contributed by atoms with Crippen LogP contribution in [0.15, 0.2) is 47.7 Å².